The van der Waals surface area contributed by atoms with Crippen LogP contribution in [-0.4, -0.2) is 36.3 Å². The Morgan fingerprint density at radius 1 is 1.30 bits per heavy atom. The number of piperidine rings is 1. The first-order valence-corrected chi connectivity index (χ1v) is 7.42. The van der Waals surface area contributed by atoms with E-state index < -0.39 is 0 Å². The van der Waals surface area contributed by atoms with Crippen LogP contribution < -0.4 is 0 Å². The highest BCUT2D eigenvalue weighted by molar-refractivity contribution is 5.68. The van der Waals surface area contributed by atoms with Crippen molar-refractivity contribution in [1.29, 1.82) is 0 Å². The number of epoxide rings is 1. The monoisotopic (exact) mass is 275 g/mol. The number of nitrogens with zero attached hydrogens (tertiary/aromatic N) is 1. The molecule has 0 saturated carbocycles. The lowest BCUT2D eigenvalue weighted by molar-refractivity contribution is 0.0641. The van der Waals surface area contributed by atoms with Crippen LogP contribution >= 0.6 is 0 Å². The molecule has 3 rings (SSSR count). The van der Waals surface area contributed by atoms with Gasteiger partial charge in [-0.25, -0.2) is 4.79 Å². The topological polar surface area (TPSA) is 42.1 Å². The van der Waals surface area contributed by atoms with Crippen molar-refractivity contribution in [3.8, 4) is 0 Å². The Balaban J connectivity index is 1.53. The number of carbonyl (C=O) groups excluding carboxylic acids is 1. The van der Waals surface area contributed by atoms with E-state index >= 15 is 0 Å². The summed E-state index contributed by atoms with van der Waals surface area (Å²) in [5.74, 6) is 0. The lowest BCUT2D eigenvalue weighted by Gasteiger charge is -2.34. The number of amides is 1. The molecule has 2 fully saturated rings. The number of rotatable bonds is 4. The fourth-order valence-electron chi connectivity index (χ4n) is 2.80. The second-order valence-electron chi connectivity index (χ2n) is 5.57. The summed E-state index contributed by atoms with van der Waals surface area (Å²) in [6, 6.07) is 10.1. The van der Waals surface area contributed by atoms with Gasteiger partial charge >= 0.3 is 6.09 Å². The average molecular weight is 275 g/mol. The molecule has 2 atom stereocenters. The van der Waals surface area contributed by atoms with Crippen LogP contribution in [0.1, 0.15) is 31.2 Å². The van der Waals surface area contributed by atoms with Gasteiger partial charge in [-0.05, 0) is 31.2 Å². The minimum Gasteiger partial charge on any atom is -0.445 e. The van der Waals surface area contributed by atoms with Crippen molar-refractivity contribution >= 4 is 6.09 Å². The summed E-state index contributed by atoms with van der Waals surface area (Å²) < 4.78 is 10.7. The van der Waals surface area contributed by atoms with Crippen LogP contribution in [0.25, 0.3) is 0 Å². The highest BCUT2D eigenvalue weighted by Gasteiger charge is 2.34. The molecule has 1 amide bonds. The van der Waals surface area contributed by atoms with Crippen molar-refractivity contribution in [2.45, 2.75) is 44.4 Å². The van der Waals surface area contributed by atoms with Gasteiger partial charge < -0.3 is 14.4 Å². The molecule has 0 spiro atoms. The van der Waals surface area contributed by atoms with Crippen LogP contribution in [0.4, 0.5) is 4.79 Å². The molecule has 1 aromatic carbocycles. The summed E-state index contributed by atoms with van der Waals surface area (Å²) in [5, 5.41) is 0. The number of carbonyl (C=O) groups is 1. The van der Waals surface area contributed by atoms with Crippen molar-refractivity contribution in [2.24, 2.45) is 0 Å². The average Bonchev–Trinajstić information content (AvgIpc) is 3.30. The quantitative estimate of drug-likeness (QED) is 0.793. The second-order valence-corrected chi connectivity index (χ2v) is 5.57. The molecular formula is C16H21NO3. The summed E-state index contributed by atoms with van der Waals surface area (Å²) in [6.45, 7) is 2.01. The summed E-state index contributed by atoms with van der Waals surface area (Å²) in [4.78, 5) is 14.1. The molecule has 2 saturated heterocycles. The Morgan fingerprint density at radius 2 is 2.10 bits per heavy atom. The van der Waals surface area contributed by atoms with E-state index in [-0.39, 0.29) is 6.09 Å². The van der Waals surface area contributed by atoms with Gasteiger partial charge in [0.25, 0.3) is 0 Å². The second kappa shape index (κ2) is 6.27. The van der Waals surface area contributed by atoms with Crippen LogP contribution in [0.2, 0.25) is 0 Å². The van der Waals surface area contributed by atoms with Crippen LogP contribution in [0.5, 0.6) is 0 Å². The Morgan fingerprint density at radius 3 is 2.85 bits per heavy atom. The van der Waals surface area contributed by atoms with E-state index in [2.05, 4.69) is 0 Å². The van der Waals surface area contributed by atoms with Crippen molar-refractivity contribution < 1.29 is 14.3 Å². The number of likely N-dealkylation sites (tertiary alicyclic amines) is 1. The van der Waals surface area contributed by atoms with Crippen LogP contribution in [0.15, 0.2) is 30.3 Å². The molecule has 0 bridgehead atoms. The van der Waals surface area contributed by atoms with Crippen molar-refractivity contribution in [3.05, 3.63) is 35.9 Å². The third-order valence-corrected chi connectivity index (χ3v) is 4.00. The molecule has 0 unspecified atom stereocenters. The van der Waals surface area contributed by atoms with Gasteiger partial charge in [-0.15, -0.1) is 0 Å². The van der Waals surface area contributed by atoms with E-state index in [0.717, 1.165) is 38.0 Å². The summed E-state index contributed by atoms with van der Waals surface area (Å²) >= 11 is 0. The Labute approximate surface area is 119 Å². The zero-order chi connectivity index (χ0) is 13.8. The van der Waals surface area contributed by atoms with Gasteiger partial charge in [0.15, 0.2) is 0 Å². The number of ether oxygens (including phenoxy) is 2. The fraction of sp³-hybridized carbons (Fsp3) is 0.562. The van der Waals surface area contributed by atoms with Gasteiger partial charge in [0.2, 0.25) is 0 Å². The van der Waals surface area contributed by atoms with Gasteiger partial charge in [0, 0.05) is 12.6 Å². The highest BCUT2D eigenvalue weighted by Crippen LogP contribution is 2.26. The largest absolute Gasteiger partial charge is 0.445 e. The van der Waals surface area contributed by atoms with E-state index in [4.69, 9.17) is 9.47 Å². The maximum absolute atomic E-state index is 12.2. The third-order valence-electron chi connectivity index (χ3n) is 4.00. The molecular weight excluding hydrogens is 254 g/mol. The Hall–Kier alpha value is -1.55. The number of hydrogen-bond donors (Lipinski definition) is 0. The van der Waals surface area contributed by atoms with E-state index in [0.29, 0.717) is 18.8 Å². The first-order chi connectivity index (χ1) is 9.83. The highest BCUT2D eigenvalue weighted by atomic mass is 16.6. The van der Waals surface area contributed by atoms with E-state index in [9.17, 15) is 4.79 Å². The first-order valence-electron chi connectivity index (χ1n) is 7.42. The molecule has 2 heterocycles. The third kappa shape index (κ3) is 3.51. The molecule has 1 aromatic rings. The molecule has 0 N–H and O–H groups in total. The summed E-state index contributed by atoms with van der Waals surface area (Å²) in [6.07, 6.45) is 4.48. The van der Waals surface area contributed by atoms with Crippen LogP contribution in [0, 0.1) is 0 Å². The molecule has 108 valence electrons. The minimum atomic E-state index is -0.181. The van der Waals surface area contributed by atoms with Crippen molar-refractivity contribution in [2.75, 3.05) is 13.2 Å². The molecule has 4 nitrogen and oxygen atoms in total. The van der Waals surface area contributed by atoms with E-state index in [1.807, 2.05) is 35.2 Å². The zero-order valence-electron chi connectivity index (χ0n) is 11.7. The molecule has 0 radical (unpaired) electrons. The van der Waals surface area contributed by atoms with Gasteiger partial charge in [-0.1, -0.05) is 30.3 Å². The van der Waals surface area contributed by atoms with Gasteiger partial charge in [0.05, 0.1) is 12.7 Å². The smallest absolute Gasteiger partial charge is 0.410 e. The fourth-order valence-corrected chi connectivity index (χ4v) is 2.80. The molecule has 20 heavy (non-hydrogen) atoms. The lowest BCUT2D eigenvalue weighted by Crippen LogP contribution is -2.44. The summed E-state index contributed by atoms with van der Waals surface area (Å²) in [7, 11) is 0. The maximum atomic E-state index is 12.2. The molecule has 0 aliphatic carbocycles. The molecule has 2 aliphatic rings. The predicted molar refractivity (Wildman–Crippen MR) is 75.3 cm³/mol. The molecule has 2 aliphatic heterocycles. The number of benzene rings is 1. The normalized spacial score (nSPS) is 25.3. The van der Waals surface area contributed by atoms with Crippen molar-refractivity contribution in [1.82, 2.24) is 4.90 Å². The minimum absolute atomic E-state index is 0.181. The standard InChI is InChI=1S/C16H21NO3/c18-16(20-11-13-6-2-1-3-7-13)17-9-5-4-8-14(17)10-15-12-19-15/h1-3,6-7,14-15H,4-5,8-12H2/t14-,15+/m1/s1. The van der Waals surface area contributed by atoms with Crippen molar-refractivity contribution in [3.63, 3.8) is 0 Å². The Bertz CT molecular complexity index is 444. The van der Waals surface area contributed by atoms with E-state index in [1.54, 1.807) is 0 Å². The van der Waals surface area contributed by atoms with Gasteiger partial charge in [0.1, 0.15) is 6.61 Å². The number of hydrogen-bond acceptors (Lipinski definition) is 3. The lowest BCUT2D eigenvalue weighted by atomic mass is 9.99. The predicted octanol–water partition coefficient (Wildman–Crippen LogP) is 2.97. The Kier molecular flexibility index (Phi) is 4.21. The first kappa shape index (κ1) is 13.4. The van der Waals surface area contributed by atoms with Gasteiger partial charge in [-0.3, -0.25) is 0 Å². The molecule has 4 heteroatoms. The molecule has 0 aromatic heterocycles. The zero-order valence-corrected chi connectivity index (χ0v) is 11.7. The SMILES string of the molecule is O=C(OCc1ccccc1)N1CCCC[C@@H]1C[C@H]1CO1. The van der Waals surface area contributed by atoms with Crippen LogP contribution in [-0.2, 0) is 16.1 Å². The van der Waals surface area contributed by atoms with E-state index in [1.165, 1.54) is 6.42 Å². The van der Waals surface area contributed by atoms with Gasteiger partial charge in [-0.2, -0.15) is 0 Å². The maximum Gasteiger partial charge on any atom is 0.410 e. The van der Waals surface area contributed by atoms with Crippen LogP contribution in [0.3, 0.4) is 0 Å². The summed E-state index contributed by atoms with van der Waals surface area (Å²) in [5.41, 5.74) is 1.03.